The molecule has 3 amide bonds. The number of hydrogen-bond donors (Lipinski definition) is 4. The van der Waals surface area contributed by atoms with E-state index in [1.807, 2.05) is 0 Å². The van der Waals surface area contributed by atoms with Gasteiger partial charge in [0.05, 0.1) is 0 Å². The molecule has 0 bridgehead atoms. The second kappa shape index (κ2) is 4.40. The first-order valence-electron chi connectivity index (χ1n) is 4.86. The van der Waals surface area contributed by atoms with Gasteiger partial charge in [0.2, 0.25) is 0 Å². The fourth-order valence-electron chi connectivity index (χ4n) is 1.46. The van der Waals surface area contributed by atoms with Crippen LogP contribution in [0.4, 0.5) is 4.79 Å². The van der Waals surface area contributed by atoms with E-state index in [9.17, 15) is 9.59 Å². The van der Waals surface area contributed by atoms with Gasteiger partial charge in [-0.1, -0.05) is 24.3 Å². The summed E-state index contributed by atoms with van der Waals surface area (Å²) in [6.07, 6.45) is 1.45. The van der Waals surface area contributed by atoms with E-state index in [4.69, 9.17) is 10.0 Å². The average Bonchev–Trinajstić information content (AvgIpc) is 2.58. The second-order valence-corrected chi connectivity index (χ2v) is 3.51. The molecule has 1 aliphatic heterocycles. The van der Waals surface area contributed by atoms with Crippen LogP contribution in [0, 0.1) is 0 Å². The summed E-state index contributed by atoms with van der Waals surface area (Å²) < 4.78 is 0. The largest absolute Gasteiger partial charge is 0.488 e. The fourth-order valence-corrected chi connectivity index (χ4v) is 1.46. The van der Waals surface area contributed by atoms with Gasteiger partial charge >= 0.3 is 13.1 Å². The SMILES string of the molecule is O=C1NC(=O)/C(=C/c2cccc(B(O)O)c2)N1. The highest BCUT2D eigenvalue weighted by molar-refractivity contribution is 6.58. The summed E-state index contributed by atoms with van der Waals surface area (Å²) in [5.74, 6) is -0.509. The molecule has 1 fully saturated rings. The van der Waals surface area contributed by atoms with Gasteiger partial charge in [-0.15, -0.1) is 0 Å². The molecule has 1 aromatic rings. The quantitative estimate of drug-likeness (QED) is 0.284. The van der Waals surface area contributed by atoms with Crippen LogP contribution < -0.4 is 16.1 Å². The van der Waals surface area contributed by atoms with Gasteiger partial charge in [0.15, 0.2) is 0 Å². The van der Waals surface area contributed by atoms with E-state index in [1.54, 1.807) is 18.2 Å². The number of nitrogens with one attached hydrogen (secondary N) is 2. The molecule has 6 nitrogen and oxygen atoms in total. The second-order valence-electron chi connectivity index (χ2n) is 3.51. The number of hydrogen-bond acceptors (Lipinski definition) is 4. The zero-order valence-corrected chi connectivity index (χ0v) is 8.68. The predicted octanol–water partition coefficient (Wildman–Crippen LogP) is -1.45. The molecule has 1 saturated heterocycles. The number of amides is 3. The highest BCUT2D eigenvalue weighted by Crippen LogP contribution is 2.06. The van der Waals surface area contributed by atoms with Gasteiger partial charge < -0.3 is 15.4 Å². The third kappa shape index (κ3) is 2.52. The fraction of sp³-hybridized carbons (Fsp3) is 0. The van der Waals surface area contributed by atoms with Crippen LogP contribution in [0.15, 0.2) is 30.0 Å². The summed E-state index contributed by atoms with van der Waals surface area (Å²) in [5.41, 5.74) is 1.02. The molecule has 0 aliphatic carbocycles. The van der Waals surface area contributed by atoms with E-state index in [-0.39, 0.29) is 5.70 Å². The molecule has 1 aliphatic rings. The van der Waals surface area contributed by atoms with Crippen molar-refractivity contribution in [2.24, 2.45) is 0 Å². The van der Waals surface area contributed by atoms with Gasteiger partial charge in [0, 0.05) is 0 Å². The van der Waals surface area contributed by atoms with Gasteiger partial charge in [-0.25, -0.2) is 4.79 Å². The Hall–Kier alpha value is -2.12. The molecule has 4 N–H and O–H groups in total. The highest BCUT2D eigenvalue weighted by Gasteiger charge is 2.22. The van der Waals surface area contributed by atoms with Crippen LogP contribution in [0.1, 0.15) is 5.56 Å². The highest BCUT2D eigenvalue weighted by atomic mass is 16.4. The van der Waals surface area contributed by atoms with Gasteiger partial charge in [-0.3, -0.25) is 10.1 Å². The van der Waals surface area contributed by atoms with Gasteiger partial charge in [-0.05, 0) is 17.1 Å². The van der Waals surface area contributed by atoms with Crippen molar-refractivity contribution in [3.63, 3.8) is 0 Å². The molecule has 0 unspecified atom stereocenters. The first-order valence-corrected chi connectivity index (χ1v) is 4.86. The van der Waals surface area contributed by atoms with E-state index in [1.165, 1.54) is 12.1 Å². The van der Waals surface area contributed by atoms with Crippen molar-refractivity contribution in [2.45, 2.75) is 0 Å². The molecular weight excluding hydrogens is 223 g/mol. The van der Waals surface area contributed by atoms with Crippen molar-refractivity contribution in [1.29, 1.82) is 0 Å². The van der Waals surface area contributed by atoms with Crippen molar-refractivity contribution in [3.8, 4) is 0 Å². The smallest absolute Gasteiger partial charge is 0.423 e. The zero-order chi connectivity index (χ0) is 12.4. The molecule has 0 aromatic heterocycles. The van der Waals surface area contributed by atoms with E-state index >= 15 is 0 Å². The van der Waals surface area contributed by atoms with Gasteiger partial charge in [-0.2, -0.15) is 0 Å². The Morgan fingerprint density at radius 3 is 2.53 bits per heavy atom. The lowest BCUT2D eigenvalue weighted by Gasteiger charge is -2.01. The maximum Gasteiger partial charge on any atom is 0.488 e. The van der Waals surface area contributed by atoms with Crippen LogP contribution in [0.3, 0.4) is 0 Å². The van der Waals surface area contributed by atoms with Crippen molar-refractivity contribution < 1.29 is 19.6 Å². The van der Waals surface area contributed by atoms with Crippen LogP contribution in [-0.4, -0.2) is 29.1 Å². The van der Waals surface area contributed by atoms with Crippen LogP contribution in [0.2, 0.25) is 0 Å². The van der Waals surface area contributed by atoms with Crippen LogP contribution >= 0.6 is 0 Å². The monoisotopic (exact) mass is 232 g/mol. The Labute approximate surface area is 97.1 Å². The van der Waals surface area contributed by atoms with Crippen LogP contribution in [0.5, 0.6) is 0 Å². The number of carbonyl (C=O) groups is 2. The molecule has 0 saturated carbocycles. The van der Waals surface area contributed by atoms with Crippen LogP contribution in [-0.2, 0) is 4.79 Å². The molecule has 0 atom stereocenters. The lowest BCUT2D eigenvalue weighted by molar-refractivity contribution is -0.115. The minimum Gasteiger partial charge on any atom is -0.423 e. The average molecular weight is 232 g/mol. The summed E-state index contributed by atoms with van der Waals surface area (Å²) in [7, 11) is -1.57. The third-order valence-electron chi connectivity index (χ3n) is 2.24. The van der Waals surface area contributed by atoms with Gasteiger partial charge in [0.25, 0.3) is 5.91 Å². The topological polar surface area (TPSA) is 98.7 Å². The molecule has 7 heteroatoms. The minimum atomic E-state index is -1.57. The lowest BCUT2D eigenvalue weighted by atomic mass is 9.79. The van der Waals surface area contributed by atoms with Crippen molar-refractivity contribution in [1.82, 2.24) is 10.6 Å². The predicted molar refractivity (Wildman–Crippen MR) is 60.9 cm³/mol. The molecule has 0 radical (unpaired) electrons. The van der Waals surface area contributed by atoms with Crippen LogP contribution in [0.25, 0.3) is 6.08 Å². The minimum absolute atomic E-state index is 0.125. The van der Waals surface area contributed by atoms with E-state index in [0.29, 0.717) is 11.0 Å². The Balaban J connectivity index is 2.29. The first-order chi connectivity index (χ1) is 8.06. The first kappa shape index (κ1) is 11.4. The summed E-state index contributed by atoms with van der Waals surface area (Å²) in [6.45, 7) is 0. The van der Waals surface area contributed by atoms with Crippen molar-refractivity contribution in [2.75, 3.05) is 0 Å². The molecule has 1 heterocycles. The Kier molecular flexibility index (Phi) is 2.94. The number of carbonyl (C=O) groups excluding carboxylic acids is 2. The molecule has 86 valence electrons. The lowest BCUT2D eigenvalue weighted by Crippen LogP contribution is -2.29. The summed E-state index contributed by atoms with van der Waals surface area (Å²) in [4.78, 5) is 22.1. The zero-order valence-electron chi connectivity index (χ0n) is 8.68. The summed E-state index contributed by atoms with van der Waals surface area (Å²) >= 11 is 0. The Bertz CT molecular complexity index is 513. The number of urea groups is 1. The molecular formula is C10H9BN2O4. The maximum absolute atomic E-state index is 11.2. The third-order valence-corrected chi connectivity index (χ3v) is 2.24. The standard InChI is InChI=1S/C10H9BN2O4/c14-9-8(12-10(15)13-9)5-6-2-1-3-7(4-6)11(16)17/h1-5,16-17H,(H2,12,13,14,15)/b8-5-. The van der Waals surface area contributed by atoms with E-state index < -0.39 is 19.1 Å². The number of benzene rings is 1. The molecule has 0 spiro atoms. The summed E-state index contributed by atoms with van der Waals surface area (Å²) in [5, 5.41) is 22.4. The Morgan fingerprint density at radius 2 is 1.94 bits per heavy atom. The molecule has 2 rings (SSSR count). The van der Waals surface area contributed by atoms with Crippen molar-refractivity contribution in [3.05, 3.63) is 35.5 Å². The maximum atomic E-state index is 11.2. The van der Waals surface area contributed by atoms with Gasteiger partial charge in [0.1, 0.15) is 5.70 Å². The van der Waals surface area contributed by atoms with Crippen molar-refractivity contribution >= 4 is 30.6 Å². The summed E-state index contributed by atoms with van der Waals surface area (Å²) in [6, 6.07) is 5.78. The molecule has 1 aromatic carbocycles. The normalized spacial score (nSPS) is 16.9. The van der Waals surface area contributed by atoms with E-state index in [2.05, 4.69) is 10.6 Å². The number of imide groups is 1. The van der Waals surface area contributed by atoms with E-state index in [0.717, 1.165) is 0 Å². The Morgan fingerprint density at radius 1 is 1.18 bits per heavy atom. The number of rotatable bonds is 2. The molecule has 17 heavy (non-hydrogen) atoms.